The van der Waals surface area contributed by atoms with Crippen LogP contribution in [-0.4, -0.2) is 31.0 Å². The zero-order chi connectivity index (χ0) is 25.2. The van der Waals surface area contributed by atoms with Crippen molar-refractivity contribution in [2.75, 3.05) is 6.61 Å². The third-order valence-electron chi connectivity index (χ3n) is 5.68. The summed E-state index contributed by atoms with van der Waals surface area (Å²) in [5.41, 5.74) is 2.69. The second kappa shape index (κ2) is 9.87. The highest BCUT2D eigenvalue weighted by atomic mass is 32.1. The lowest BCUT2D eigenvalue weighted by atomic mass is 10.1. The van der Waals surface area contributed by atoms with Gasteiger partial charge >= 0.3 is 0 Å². The van der Waals surface area contributed by atoms with Crippen molar-refractivity contribution in [1.82, 2.24) is 24.4 Å². The smallest absolute Gasteiger partial charge is 0.295 e. The molecule has 0 bridgehead atoms. The molecule has 2 aromatic carbocycles. The summed E-state index contributed by atoms with van der Waals surface area (Å²) in [6, 6.07) is 17.6. The predicted octanol–water partition coefficient (Wildman–Crippen LogP) is 3.64. The average Bonchev–Trinajstić information content (AvgIpc) is 3.42. The SMILES string of the molecule is Cc1nn2c(=O)c(=Cc3cn(-c4ccccc4)nc3-c3ccc(OCCC(C)C)cc3)sc2nc1=O. The maximum Gasteiger partial charge on any atom is 0.295 e. The fourth-order valence-corrected chi connectivity index (χ4v) is 4.57. The minimum absolute atomic E-state index is 0.183. The van der Waals surface area contributed by atoms with Gasteiger partial charge in [-0.2, -0.15) is 19.7 Å². The van der Waals surface area contributed by atoms with E-state index in [2.05, 4.69) is 23.9 Å². The second-order valence-electron chi connectivity index (χ2n) is 8.88. The number of aryl methyl sites for hydroxylation is 1. The maximum atomic E-state index is 13.0. The Hall–Kier alpha value is -4.11. The summed E-state index contributed by atoms with van der Waals surface area (Å²) in [7, 11) is 0. The van der Waals surface area contributed by atoms with Gasteiger partial charge in [0.1, 0.15) is 17.1 Å². The van der Waals surface area contributed by atoms with Crippen LogP contribution < -0.4 is 20.4 Å². The van der Waals surface area contributed by atoms with Gasteiger partial charge in [-0.1, -0.05) is 43.4 Å². The Balaban J connectivity index is 1.59. The molecule has 0 radical (unpaired) electrons. The van der Waals surface area contributed by atoms with Crippen LogP contribution in [0.1, 0.15) is 31.5 Å². The van der Waals surface area contributed by atoms with Crippen LogP contribution in [0.4, 0.5) is 0 Å². The number of rotatable bonds is 7. The monoisotopic (exact) mass is 499 g/mol. The third-order valence-corrected chi connectivity index (χ3v) is 6.64. The number of ether oxygens (including phenoxy) is 1. The Labute approximate surface area is 211 Å². The van der Waals surface area contributed by atoms with Gasteiger partial charge in [0.2, 0.25) is 4.96 Å². The largest absolute Gasteiger partial charge is 0.494 e. The molecule has 0 fully saturated rings. The third kappa shape index (κ3) is 4.83. The first-order valence-corrected chi connectivity index (χ1v) is 12.5. The molecule has 5 aromatic rings. The van der Waals surface area contributed by atoms with Crippen molar-refractivity contribution in [2.45, 2.75) is 27.2 Å². The maximum absolute atomic E-state index is 13.0. The van der Waals surface area contributed by atoms with Gasteiger partial charge in [0.05, 0.1) is 16.8 Å². The normalized spacial score (nSPS) is 12.1. The summed E-state index contributed by atoms with van der Waals surface area (Å²) < 4.78 is 9.25. The van der Waals surface area contributed by atoms with Crippen LogP contribution >= 0.6 is 11.3 Å². The van der Waals surface area contributed by atoms with Crippen molar-refractivity contribution in [1.29, 1.82) is 0 Å². The van der Waals surface area contributed by atoms with Gasteiger partial charge in [-0.15, -0.1) is 0 Å². The number of hydrogen-bond acceptors (Lipinski definition) is 7. The Morgan fingerprint density at radius 3 is 2.50 bits per heavy atom. The summed E-state index contributed by atoms with van der Waals surface area (Å²) in [5, 5.41) is 8.93. The molecular weight excluding hydrogens is 474 g/mol. The van der Waals surface area contributed by atoms with E-state index in [4.69, 9.17) is 9.84 Å². The molecule has 0 saturated heterocycles. The quantitative estimate of drug-likeness (QED) is 0.340. The number of thiazole rings is 1. The van der Waals surface area contributed by atoms with Gasteiger partial charge < -0.3 is 4.74 Å². The zero-order valence-corrected chi connectivity index (χ0v) is 21.0. The fourth-order valence-electron chi connectivity index (χ4n) is 3.68. The van der Waals surface area contributed by atoms with Crippen molar-refractivity contribution >= 4 is 22.4 Å². The van der Waals surface area contributed by atoms with Crippen LogP contribution in [0.15, 0.2) is 70.4 Å². The first-order valence-electron chi connectivity index (χ1n) is 11.7. The molecule has 0 aliphatic carbocycles. The van der Waals surface area contributed by atoms with E-state index in [0.717, 1.165) is 46.0 Å². The molecule has 0 spiro atoms. The van der Waals surface area contributed by atoms with E-state index in [1.54, 1.807) is 17.7 Å². The number of para-hydroxylation sites is 1. The highest BCUT2D eigenvalue weighted by molar-refractivity contribution is 7.15. The molecule has 5 rings (SSSR count). The molecule has 3 heterocycles. The van der Waals surface area contributed by atoms with Crippen molar-refractivity contribution < 1.29 is 4.74 Å². The van der Waals surface area contributed by atoms with E-state index < -0.39 is 5.56 Å². The number of fused-ring (bicyclic) bond motifs is 1. The van der Waals surface area contributed by atoms with Gasteiger partial charge in [0, 0.05) is 17.3 Å². The molecule has 3 aromatic heterocycles. The lowest BCUT2D eigenvalue weighted by Crippen LogP contribution is -2.27. The summed E-state index contributed by atoms with van der Waals surface area (Å²) in [6.07, 6.45) is 4.65. The molecule has 182 valence electrons. The molecule has 0 atom stereocenters. The summed E-state index contributed by atoms with van der Waals surface area (Å²) >= 11 is 1.13. The van der Waals surface area contributed by atoms with Gasteiger partial charge in [-0.05, 0) is 61.7 Å². The number of aromatic nitrogens is 5. The number of nitrogens with zero attached hydrogens (tertiary/aromatic N) is 5. The molecule has 36 heavy (non-hydrogen) atoms. The van der Waals surface area contributed by atoms with E-state index in [0.29, 0.717) is 17.1 Å². The first-order chi connectivity index (χ1) is 17.4. The highest BCUT2D eigenvalue weighted by Gasteiger charge is 2.14. The summed E-state index contributed by atoms with van der Waals surface area (Å²) in [6.45, 7) is 6.55. The minimum Gasteiger partial charge on any atom is -0.494 e. The van der Waals surface area contributed by atoms with Crippen LogP contribution in [0.3, 0.4) is 0 Å². The van der Waals surface area contributed by atoms with E-state index in [1.807, 2.05) is 60.8 Å². The van der Waals surface area contributed by atoms with E-state index in [1.165, 1.54) is 4.52 Å². The molecule has 8 nitrogen and oxygen atoms in total. The topological polar surface area (TPSA) is 91.4 Å². The van der Waals surface area contributed by atoms with E-state index >= 15 is 0 Å². The summed E-state index contributed by atoms with van der Waals surface area (Å²) in [4.78, 5) is 29.2. The van der Waals surface area contributed by atoms with Crippen LogP contribution in [0.25, 0.3) is 28.0 Å². The van der Waals surface area contributed by atoms with Gasteiger partial charge in [0.15, 0.2) is 0 Å². The van der Waals surface area contributed by atoms with E-state index in [-0.39, 0.29) is 16.2 Å². The molecule has 0 aliphatic rings. The fraction of sp³-hybridized carbons (Fsp3) is 0.222. The molecule has 0 saturated carbocycles. The Morgan fingerprint density at radius 2 is 1.78 bits per heavy atom. The van der Waals surface area contributed by atoms with E-state index in [9.17, 15) is 9.59 Å². The summed E-state index contributed by atoms with van der Waals surface area (Å²) in [5.74, 6) is 1.38. The van der Waals surface area contributed by atoms with Gasteiger partial charge in [0.25, 0.3) is 11.1 Å². The Morgan fingerprint density at radius 1 is 1.03 bits per heavy atom. The van der Waals surface area contributed by atoms with Crippen molar-refractivity contribution in [3.8, 4) is 22.7 Å². The van der Waals surface area contributed by atoms with Crippen LogP contribution in [0.5, 0.6) is 5.75 Å². The van der Waals surface area contributed by atoms with Crippen molar-refractivity contribution in [3.05, 3.63) is 97.3 Å². The highest BCUT2D eigenvalue weighted by Crippen LogP contribution is 2.26. The average molecular weight is 500 g/mol. The molecule has 0 N–H and O–H groups in total. The first kappa shape index (κ1) is 23.6. The zero-order valence-electron chi connectivity index (χ0n) is 20.2. The lowest BCUT2D eigenvalue weighted by Gasteiger charge is -2.08. The molecule has 0 aliphatic heterocycles. The van der Waals surface area contributed by atoms with Gasteiger partial charge in [-0.3, -0.25) is 9.59 Å². The number of hydrogen-bond donors (Lipinski definition) is 0. The van der Waals surface area contributed by atoms with Crippen molar-refractivity contribution in [2.24, 2.45) is 5.92 Å². The Bertz CT molecular complexity index is 1690. The Kier molecular flexibility index (Phi) is 6.47. The molecule has 0 unspecified atom stereocenters. The predicted molar refractivity (Wildman–Crippen MR) is 141 cm³/mol. The number of benzene rings is 2. The minimum atomic E-state index is -0.434. The lowest BCUT2D eigenvalue weighted by molar-refractivity contribution is 0.289. The van der Waals surface area contributed by atoms with Crippen LogP contribution in [-0.2, 0) is 0 Å². The van der Waals surface area contributed by atoms with Gasteiger partial charge in [-0.25, -0.2) is 4.68 Å². The molecular formula is C27H25N5O3S. The van der Waals surface area contributed by atoms with Crippen LogP contribution in [0.2, 0.25) is 0 Å². The van der Waals surface area contributed by atoms with Crippen molar-refractivity contribution in [3.63, 3.8) is 0 Å². The molecule has 0 amide bonds. The molecule has 9 heteroatoms. The standard InChI is InChI=1S/C27H25N5O3S/c1-17(2)13-14-35-22-11-9-19(10-12-22)24-20(16-31(30-24)21-7-5-4-6-8-21)15-23-26(34)32-27(36-23)28-25(33)18(3)29-32/h4-12,15-17H,13-14H2,1-3H3. The van der Waals surface area contributed by atoms with Crippen LogP contribution in [0, 0.1) is 12.8 Å². The second-order valence-corrected chi connectivity index (χ2v) is 9.89.